The van der Waals surface area contributed by atoms with E-state index in [-0.39, 0.29) is 36.5 Å². The molecular weight excluding hydrogens is 304 g/mol. The second-order valence-electron chi connectivity index (χ2n) is 4.64. The zero-order chi connectivity index (χ0) is 12.8. The number of nitrogens with zero attached hydrogens (tertiary/aromatic N) is 1. The summed E-state index contributed by atoms with van der Waals surface area (Å²) in [5.41, 5.74) is 0.673. The summed E-state index contributed by atoms with van der Waals surface area (Å²) in [6, 6.07) is 2.93. The number of pyridine rings is 1. The van der Waals surface area contributed by atoms with Crippen LogP contribution in [0.1, 0.15) is 25.0 Å². The molecule has 0 radical (unpaired) electrons. The molecular formula is C13H20Cl2FN3O. The smallest absolute Gasteiger partial charge is 0.220 e. The number of nitrogens with one attached hydrogen (secondary N) is 2. The highest BCUT2D eigenvalue weighted by molar-refractivity contribution is 5.85. The van der Waals surface area contributed by atoms with Crippen LogP contribution in [-0.4, -0.2) is 24.0 Å². The van der Waals surface area contributed by atoms with E-state index in [2.05, 4.69) is 15.6 Å². The van der Waals surface area contributed by atoms with Crippen LogP contribution in [0.3, 0.4) is 0 Å². The third-order valence-electron chi connectivity index (χ3n) is 3.20. The van der Waals surface area contributed by atoms with Gasteiger partial charge in [-0.15, -0.1) is 24.8 Å². The van der Waals surface area contributed by atoms with E-state index in [1.807, 2.05) is 0 Å². The fourth-order valence-corrected chi connectivity index (χ4v) is 2.08. The number of amides is 1. The van der Waals surface area contributed by atoms with E-state index in [1.54, 1.807) is 6.07 Å². The zero-order valence-corrected chi connectivity index (χ0v) is 12.7. The quantitative estimate of drug-likeness (QED) is 0.872. The molecule has 1 amide bonds. The Bertz CT molecular complexity index is 397. The summed E-state index contributed by atoms with van der Waals surface area (Å²) < 4.78 is 12.6. The first-order valence-electron chi connectivity index (χ1n) is 6.32. The van der Waals surface area contributed by atoms with E-state index < -0.39 is 0 Å². The lowest BCUT2D eigenvalue weighted by atomic mass is 10.0. The molecule has 1 aromatic rings. The van der Waals surface area contributed by atoms with E-state index in [0.29, 0.717) is 24.6 Å². The molecule has 2 N–H and O–H groups in total. The van der Waals surface area contributed by atoms with Crippen molar-refractivity contribution in [3.05, 3.63) is 29.8 Å². The van der Waals surface area contributed by atoms with Gasteiger partial charge in [0.05, 0.1) is 18.4 Å². The van der Waals surface area contributed by atoms with Crippen molar-refractivity contribution in [3.63, 3.8) is 0 Å². The molecule has 2 rings (SSSR count). The van der Waals surface area contributed by atoms with Gasteiger partial charge >= 0.3 is 0 Å². The van der Waals surface area contributed by atoms with Gasteiger partial charge in [0.1, 0.15) is 5.82 Å². The number of hydrogen-bond acceptors (Lipinski definition) is 3. The second-order valence-corrected chi connectivity index (χ2v) is 4.64. The molecule has 1 atom stereocenters. The van der Waals surface area contributed by atoms with Gasteiger partial charge in [-0.05, 0) is 44.0 Å². The predicted octanol–water partition coefficient (Wildman–Crippen LogP) is 2.07. The second kappa shape index (κ2) is 9.91. The molecule has 1 aliphatic rings. The zero-order valence-electron chi connectivity index (χ0n) is 11.1. The van der Waals surface area contributed by atoms with Gasteiger partial charge < -0.3 is 10.6 Å². The summed E-state index contributed by atoms with van der Waals surface area (Å²) in [6.45, 7) is 2.45. The molecule has 1 aromatic heterocycles. The Labute approximate surface area is 130 Å². The average Bonchev–Trinajstić information content (AvgIpc) is 2.89. The fraction of sp³-hybridized carbons (Fsp3) is 0.538. The van der Waals surface area contributed by atoms with Crippen LogP contribution in [0.5, 0.6) is 0 Å². The third kappa shape index (κ3) is 6.50. The molecule has 7 heteroatoms. The molecule has 1 aliphatic heterocycles. The Morgan fingerprint density at radius 3 is 2.85 bits per heavy atom. The van der Waals surface area contributed by atoms with Crippen LogP contribution in [0.4, 0.5) is 4.39 Å². The minimum Gasteiger partial charge on any atom is -0.350 e. The average molecular weight is 324 g/mol. The van der Waals surface area contributed by atoms with E-state index in [4.69, 9.17) is 0 Å². The maximum atomic E-state index is 12.6. The molecule has 2 heterocycles. The van der Waals surface area contributed by atoms with Crippen molar-refractivity contribution in [2.75, 3.05) is 13.1 Å². The fourth-order valence-electron chi connectivity index (χ4n) is 2.08. The van der Waals surface area contributed by atoms with Crippen molar-refractivity contribution in [1.29, 1.82) is 0 Å². The van der Waals surface area contributed by atoms with Crippen molar-refractivity contribution in [2.24, 2.45) is 5.92 Å². The lowest BCUT2D eigenvalue weighted by Crippen LogP contribution is -2.24. The van der Waals surface area contributed by atoms with Gasteiger partial charge in [-0.3, -0.25) is 9.78 Å². The summed E-state index contributed by atoms with van der Waals surface area (Å²) in [7, 11) is 0. The number of carbonyl (C=O) groups is 1. The molecule has 1 fully saturated rings. The van der Waals surface area contributed by atoms with Crippen LogP contribution in [0.2, 0.25) is 0 Å². The van der Waals surface area contributed by atoms with E-state index >= 15 is 0 Å². The highest BCUT2D eigenvalue weighted by atomic mass is 35.5. The first-order valence-corrected chi connectivity index (χ1v) is 6.32. The van der Waals surface area contributed by atoms with Crippen LogP contribution < -0.4 is 10.6 Å². The first-order chi connectivity index (χ1) is 8.74. The van der Waals surface area contributed by atoms with Crippen LogP contribution in [-0.2, 0) is 11.3 Å². The monoisotopic (exact) mass is 323 g/mol. The Balaban J connectivity index is 0.00000180. The molecule has 0 saturated carbocycles. The molecule has 20 heavy (non-hydrogen) atoms. The van der Waals surface area contributed by atoms with E-state index in [0.717, 1.165) is 32.1 Å². The maximum Gasteiger partial charge on any atom is 0.220 e. The number of hydrogen-bond donors (Lipinski definition) is 2. The molecule has 0 aromatic carbocycles. The van der Waals surface area contributed by atoms with Gasteiger partial charge in [0.25, 0.3) is 0 Å². The van der Waals surface area contributed by atoms with E-state index in [1.165, 1.54) is 6.07 Å². The van der Waals surface area contributed by atoms with Crippen LogP contribution in [0.15, 0.2) is 18.3 Å². The molecule has 1 saturated heterocycles. The third-order valence-corrected chi connectivity index (χ3v) is 3.20. The Kier molecular flexibility index (Phi) is 9.46. The van der Waals surface area contributed by atoms with Crippen molar-refractivity contribution in [2.45, 2.75) is 25.8 Å². The van der Waals surface area contributed by atoms with E-state index in [9.17, 15) is 9.18 Å². The Morgan fingerprint density at radius 1 is 1.45 bits per heavy atom. The van der Waals surface area contributed by atoms with Crippen LogP contribution in [0, 0.1) is 11.7 Å². The minimum atomic E-state index is -0.362. The normalized spacial score (nSPS) is 16.9. The number of halogens is 3. The minimum absolute atomic E-state index is 0. The first kappa shape index (κ1) is 19.1. The van der Waals surface area contributed by atoms with Crippen molar-refractivity contribution in [1.82, 2.24) is 15.6 Å². The Hall–Kier alpha value is -0.910. The Morgan fingerprint density at radius 2 is 2.25 bits per heavy atom. The summed E-state index contributed by atoms with van der Waals surface area (Å²) in [5, 5.41) is 6.08. The molecule has 114 valence electrons. The topological polar surface area (TPSA) is 54.0 Å². The maximum absolute atomic E-state index is 12.6. The van der Waals surface area contributed by atoms with Gasteiger partial charge in [0, 0.05) is 6.42 Å². The molecule has 0 bridgehead atoms. The summed E-state index contributed by atoms with van der Waals surface area (Å²) in [6.07, 6.45) is 3.79. The predicted molar refractivity (Wildman–Crippen MR) is 80.7 cm³/mol. The van der Waals surface area contributed by atoms with Crippen LogP contribution >= 0.6 is 24.8 Å². The van der Waals surface area contributed by atoms with Gasteiger partial charge in [0.2, 0.25) is 5.91 Å². The highest BCUT2D eigenvalue weighted by Gasteiger charge is 2.15. The lowest BCUT2D eigenvalue weighted by molar-refractivity contribution is -0.121. The summed E-state index contributed by atoms with van der Waals surface area (Å²) in [4.78, 5) is 15.5. The van der Waals surface area contributed by atoms with Gasteiger partial charge in [0.15, 0.2) is 0 Å². The van der Waals surface area contributed by atoms with Crippen molar-refractivity contribution >= 4 is 30.7 Å². The lowest BCUT2D eigenvalue weighted by Gasteiger charge is -2.08. The van der Waals surface area contributed by atoms with Gasteiger partial charge in [-0.1, -0.05) is 0 Å². The largest absolute Gasteiger partial charge is 0.350 e. The molecule has 4 nitrogen and oxygen atoms in total. The van der Waals surface area contributed by atoms with Crippen molar-refractivity contribution in [3.8, 4) is 0 Å². The van der Waals surface area contributed by atoms with Crippen molar-refractivity contribution < 1.29 is 9.18 Å². The highest BCUT2D eigenvalue weighted by Crippen LogP contribution is 2.13. The van der Waals surface area contributed by atoms with Crippen LogP contribution in [0.25, 0.3) is 0 Å². The van der Waals surface area contributed by atoms with Gasteiger partial charge in [-0.2, -0.15) is 0 Å². The number of rotatable bonds is 5. The molecule has 0 spiro atoms. The molecule has 1 unspecified atom stereocenters. The number of aromatic nitrogens is 1. The summed E-state index contributed by atoms with van der Waals surface area (Å²) >= 11 is 0. The summed E-state index contributed by atoms with van der Waals surface area (Å²) in [5.74, 6) is 0.298. The standard InChI is InChI=1S/C13H18FN3O.2ClH/c14-11-2-3-12(16-8-11)9-17-13(18)4-1-10-5-6-15-7-10;;/h2-3,8,10,15H,1,4-7,9H2,(H,17,18);2*1H. The number of carbonyl (C=O) groups excluding carboxylic acids is 1. The molecule has 0 aliphatic carbocycles. The van der Waals surface area contributed by atoms with Gasteiger partial charge in [-0.25, -0.2) is 4.39 Å². The SMILES string of the molecule is Cl.Cl.O=C(CCC1CCNC1)NCc1ccc(F)cn1.